The number of aliphatic hydroxyl groups is 1. The van der Waals surface area contributed by atoms with Crippen LogP contribution < -0.4 is 5.63 Å². The van der Waals surface area contributed by atoms with Crippen molar-refractivity contribution in [1.29, 1.82) is 0 Å². The van der Waals surface area contributed by atoms with Gasteiger partial charge in [0.1, 0.15) is 6.26 Å². The molecule has 0 atom stereocenters. The largest absolute Gasteiger partial charge is 0.430 e. The molecule has 0 fully saturated rings. The summed E-state index contributed by atoms with van der Waals surface area (Å²) in [4.78, 5) is 24.1. The van der Waals surface area contributed by atoms with E-state index in [0.29, 0.717) is 12.1 Å². The standard InChI is InChI=1S/C11H15NO4/c1-2-5-12(6-7-13)11(15)9-3-4-10(14)16-8-9/h3-4,8,13H,2,5-7H2,1H3. The summed E-state index contributed by atoms with van der Waals surface area (Å²) in [7, 11) is 0. The van der Waals surface area contributed by atoms with Gasteiger partial charge in [0.2, 0.25) is 0 Å². The van der Waals surface area contributed by atoms with Crippen LogP contribution in [0.3, 0.4) is 0 Å². The second-order valence-electron chi connectivity index (χ2n) is 3.36. The van der Waals surface area contributed by atoms with Gasteiger partial charge in [-0.2, -0.15) is 0 Å². The first kappa shape index (κ1) is 12.4. The van der Waals surface area contributed by atoms with Crippen molar-refractivity contribution in [2.75, 3.05) is 19.7 Å². The topological polar surface area (TPSA) is 70.8 Å². The smallest absolute Gasteiger partial charge is 0.335 e. The fourth-order valence-corrected chi connectivity index (χ4v) is 1.37. The average molecular weight is 225 g/mol. The van der Waals surface area contributed by atoms with Crippen molar-refractivity contribution in [1.82, 2.24) is 4.90 Å². The SMILES string of the molecule is CCCN(CCO)C(=O)c1ccc(=O)oc1. The van der Waals surface area contributed by atoms with Gasteiger partial charge in [0, 0.05) is 19.2 Å². The van der Waals surface area contributed by atoms with Gasteiger partial charge in [0.25, 0.3) is 5.91 Å². The molecular weight excluding hydrogens is 210 g/mol. The lowest BCUT2D eigenvalue weighted by molar-refractivity contribution is 0.0719. The Morgan fingerprint density at radius 1 is 1.44 bits per heavy atom. The van der Waals surface area contributed by atoms with Crippen molar-refractivity contribution >= 4 is 5.91 Å². The molecule has 0 aliphatic heterocycles. The molecule has 88 valence electrons. The Bertz CT molecular complexity index is 373. The van der Waals surface area contributed by atoms with Crippen LogP contribution in [0.4, 0.5) is 0 Å². The molecule has 1 amide bonds. The highest BCUT2D eigenvalue weighted by molar-refractivity contribution is 5.93. The summed E-state index contributed by atoms with van der Waals surface area (Å²) in [6, 6.07) is 2.63. The van der Waals surface area contributed by atoms with E-state index >= 15 is 0 Å². The van der Waals surface area contributed by atoms with Crippen molar-refractivity contribution in [3.8, 4) is 0 Å². The first-order valence-electron chi connectivity index (χ1n) is 5.18. The molecule has 0 radical (unpaired) electrons. The monoisotopic (exact) mass is 225 g/mol. The molecule has 0 unspecified atom stereocenters. The van der Waals surface area contributed by atoms with E-state index < -0.39 is 5.63 Å². The predicted octanol–water partition coefficient (Wildman–Crippen LogP) is 0.484. The van der Waals surface area contributed by atoms with Gasteiger partial charge in [0.05, 0.1) is 12.2 Å². The van der Waals surface area contributed by atoms with Gasteiger partial charge in [-0.25, -0.2) is 4.79 Å². The van der Waals surface area contributed by atoms with Crippen LogP contribution in [0.25, 0.3) is 0 Å². The van der Waals surface area contributed by atoms with E-state index in [2.05, 4.69) is 4.42 Å². The minimum Gasteiger partial charge on any atom is -0.430 e. The van der Waals surface area contributed by atoms with Crippen LogP contribution in [0.2, 0.25) is 0 Å². The number of hydrogen-bond donors (Lipinski definition) is 1. The zero-order valence-corrected chi connectivity index (χ0v) is 9.18. The number of nitrogens with zero attached hydrogens (tertiary/aromatic N) is 1. The van der Waals surface area contributed by atoms with Gasteiger partial charge in [-0.15, -0.1) is 0 Å². The van der Waals surface area contributed by atoms with Crippen LogP contribution in [0, 0.1) is 0 Å². The van der Waals surface area contributed by atoms with Crippen LogP contribution in [0.1, 0.15) is 23.7 Å². The predicted molar refractivity (Wildman–Crippen MR) is 58.3 cm³/mol. The maximum absolute atomic E-state index is 11.9. The highest BCUT2D eigenvalue weighted by Gasteiger charge is 2.14. The Kier molecular flexibility index (Phi) is 4.72. The van der Waals surface area contributed by atoms with E-state index in [1.165, 1.54) is 17.0 Å². The molecule has 5 nitrogen and oxygen atoms in total. The fraction of sp³-hybridized carbons (Fsp3) is 0.455. The second kappa shape index (κ2) is 6.07. The molecule has 1 N–H and O–H groups in total. The third-order valence-corrected chi connectivity index (χ3v) is 2.10. The Labute approximate surface area is 93.3 Å². The molecule has 0 aliphatic rings. The quantitative estimate of drug-likeness (QED) is 0.791. The molecule has 1 aromatic rings. The van der Waals surface area contributed by atoms with E-state index in [-0.39, 0.29) is 19.1 Å². The van der Waals surface area contributed by atoms with Crippen molar-refractivity contribution in [3.63, 3.8) is 0 Å². The summed E-state index contributed by atoms with van der Waals surface area (Å²) in [6.45, 7) is 2.72. The summed E-state index contributed by atoms with van der Waals surface area (Å²) >= 11 is 0. The van der Waals surface area contributed by atoms with Gasteiger partial charge in [0.15, 0.2) is 0 Å². The number of aliphatic hydroxyl groups excluding tert-OH is 1. The molecular formula is C11H15NO4. The van der Waals surface area contributed by atoms with E-state index in [9.17, 15) is 9.59 Å². The molecule has 1 rings (SSSR count). The van der Waals surface area contributed by atoms with E-state index in [0.717, 1.165) is 12.7 Å². The Hall–Kier alpha value is -1.62. The van der Waals surface area contributed by atoms with Crippen LogP contribution in [-0.2, 0) is 0 Å². The number of carbonyl (C=O) groups is 1. The lowest BCUT2D eigenvalue weighted by atomic mass is 10.2. The summed E-state index contributed by atoms with van der Waals surface area (Å²) < 4.78 is 4.62. The highest BCUT2D eigenvalue weighted by Crippen LogP contribution is 2.03. The molecule has 0 bridgehead atoms. The van der Waals surface area contributed by atoms with Gasteiger partial charge < -0.3 is 14.4 Å². The van der Waals surface area contributed by atoms with Crippen molar-refractivity contribution in [2.24, 2.45) is 0 Å². The number of carbonyl (C=O) groups excluding carboxylic acids is 1. The molecule has 5 heteroatoms. The van der Waals surface area contributed by atoms with Crippen molar-refractivity contribution in [2.45, 2.75) is 13.3 Å². The van der Waals surface area contributed by atoms with Crippen molar-refractivity contribution in [3.05, 3.63) is 34.4 Å². The van der Waals surface area contributed by atoms with Crippen LogP contribution in [-0.4, -0.2) is 35.6 Å². The third kappa shape index (κ3) is 3.20. The van der Waals surface area contributed by atoms with E-state index in [4.69, 9.17) is 5.11 Å². The summed E-state index contributed by atoms with van der Waals surface area (Å²) in [5.41, 5.74) is -0.165. The molecule has 16 heavy (non-hydrogen) atoms. The molecule has 1 aromatic heterocycles. The lowest BCUT2D eigenvalue weighted by Crippen LogP contribution is -2.34. The summed E-state index contributed by atoms with van der Waals surface area (Å²) in [5, 5.41) is 8.84. The maximum atomic E-state index is 11.9. The first-order chi connectivity index (χ1) is 7.69. The minimum absolute atomic E-state index is 0.0808. The van der Waals surface area contributed by atoms with Crippen molar-refractivity contribution < 1.29 is 14.3 Å². The maximum Gasteiger partial charge on any atom is 0.335 e. The number of rotatable bonds is 5. The molecule has 0 saturated heterocycles. The van der Waals surface area contributed by atoms with E-state index in [1.54, 1.807) is 0 Å². The van der Waals surface area contributed by atoms with Crippen LogP contribution >= 0.6 is 0 Å². The van der Waals surface area contributed by atoms with Gasteiger partial charge in [-0.1, -0.05) is 6.92 Å². The number of amides is 1. The molecule has 0 aliphatic carbocycles. The third-order valence-electron chi connectivity index (χ3n) is 2.10. The van der Waals surface area contributed by atoms with Crippen LogP contribution in [0.15, 0.2) is 27.6 Å². The van der Waals surface area contributed by atoms with Gasteiger partial charge in [-0.05, 0) is 12.5 Å². The number of hydrogen-bond acceptors (Lipinski definition) is 4. The molecule has 0 saturated carbocycles. The lowest BCUT2D eigenvalue weighted by Gasteiger charge is -2.20. The second-order valence-corrected chi connectivity index (χ2v) is 3.36. The van der Waals surface area contributed by atoms with Gasteiger partial charge in [-0.3, -0.25) is 4.79 Å². The van der Waals surface area contributed by atoms with Gasteiger partial charge >= 0.3 is 5.63 Å². The summed E-state index contributed by atoms with van der Waals surface area (Å²) in [6.07, 6.45) is 1.95. The molecule has 0 spiro atoms. The normalized spacial score (nSPS) is 10.1. The first-order valence-corrected chi connectivity index (χ1v) is 5.18. The Balaban J connectivity index is 2.81. The Morgan fingerprint density at radius 3 is 2.69 bits per heavy atom. The molecule has 1 heterocycles. The average Bonchev–Trinajstić information content (AvgIpc) is 2.29. The minimum atomic E-state index is -0.485. The molecule has 0 aromatic carbocycles. The fourth-order valence-electron chi connectivity index (χ4n) is 1.37. The zero-order valence-electron chi connectivity index (χ0n) is 9.18. The Morgan fingerprint density at radius 2 is 2.19 bits per heavy atom. The zero-order chi connectivity index (χ0) is 12.0. The summed E-state index contributed by atoms with van der Waals surface area (Å²) in [5.74, 6) is -0.236. The van der Waals surface area contributed by atoms with E-state index in [1.807, 2.05) is 6.92 Å². The highest BCUT2D eigenvalue weighted by atomic mass is 16.4. The van der Waals surface area contributed by atoms with Crippen LogP contribution in [0.5, 0.6) is 0 Å².